The van der Waals surface area contributed by atoms with Gasteiger partial charge < -0.3 is 10.2 Å². The molecular weight excluding hydrogens is 104 g/mol. The molecule has 8 heavy (non-hydrogen) atoms. The van der Waals surface area contributed by atoms with Crippen LogP contribution >= 0.6 is 0 Å². The molecule has 0 amide bonds. The van der Waals surface area contributed by atoms with Crippen molar-refractivity contribution in [3.8, 4) is 0 Å². The molecule has 0 heterocycles. The van der Waals surface area contributed by atoms with Gasteiger partial charge in [-0.1, -0.05) is 0 Å². The van der Waals surface area contributed by atoms with E-state index in [9.17, 15) is 0 Å². The highest BCUT2D eigenvalue weighted by Gasteiger charge is 2.52. The second-order valence-corrected chi connectivity index (χ2v) is 2.95. The highest BCUT2D eigenvalue weighted by atomic mass is 16.3. The van der Waals surface area contributed by atoms with Crippen molar-refractivity contribution in [3.63, 3.8) is 0 Å². The van der Waals surface area contributed by atoms with Crippen molar-refractivity contribution in [2.45, 2.75) is 25.0 Å². The first kappa shape index (κ1) is 4.77. The molecule has 2 aliphatic carbocycles. The lowest BCUT2D eigenvalue weighted by molar-refractivity contribution is 0.0252. The van der Waals surface area contributed by atoms with E-state index in [-0.39, 0.29) is 6.10 Å². The molecule has 2 aliphatic rings. The van der Waals surface area contributed by atoms with Gasteiger partial charge in [0.15, 0.2) is 0 Å². The van der Waals surface area contributed by atoms with Crippen LogP contribution in [0.25, 0.3) is 0 Å². The summed E-state index contributed by atoms with van der Waals surface area (Å²) in [5.74, 6) is 1.13. The number of fused-ring (bicyclic) bond motifs is 1. The van der Waals surface area contributed by atoms with Gasteiger partial charge >= 0.3 is 0 Å². The minimum atomic E-state index is -0.404. The molecule has 0 aromatic heterocycles. The predicted octanol–water partition coefficient (Wildman–Crippen LogP) is -0.252. The standard InChI is InChI=1S/C6H10O2/c7-5-2-3-1-4(3)6(5)8/h3-8H,1-2H2. The van der Waals surface area contributed by atoms with Crippen LogP contribution in [-0.4, -0.2) is 22.4 Å². The van der Waals surface area contributed by atoms with E-state index < -0.39 is 6.10 Å². The Morgan fingerprint density at radius 3 is 2.12 bits per heavy atom. The number of hydrogen-bond donors (Lipinski definition) is 2. The second kappa shape index (κ2) is 1.25. The predicted molar refractivity (Wildman–Crippen MR) is 28.2 cm³/mol. The molecule has 0 saturated heterocycles. The zero-order valence-corrected chi connectivity index (χ0v) is 4.62. The highest BCUT2D eigenvalue weighted by Crippen LogP contribution is 2.51. The van der Waals surface area contributed by atoms with Gasteiger partial charge in [-0.2, -0.15) is 0 Å². The molecule has 0 spiro atoms. The lowest BCUT2D eigenvalue weighted by Crippen LogP contribution is -2.22. The van der Waals surface area contributed by atoms with E-state index in [1.807, 2.05) is 0 Å². The van der Waals surface area contributed by atoms with E-state index in [2.05, 4.69) is 0 Å². The van der Waals surface area contributed by atoms with Gasteiger partial charge in [0.2, 0.25) is 0 Å². The average Bonchev–Trinajstić information content (AvgIpc) is 2.39. The van der Waals surface area contributed by atoms with Crippen molar-refractivity contribution in [2.24, 2.45) is 11.8 Å². The van der Waals surface area contributed by atoms with E-state index in [0.717, 1.165) is 12.8 Å². The Hall–Kier alpha value is -0.0800. The maximum absolute atomic E-state index is 9.06. The summed E-state index contributed by atoms with van der Waals surface area (Å²) in [4.78, 5) is 0. The number of aliphatic hydroxyl groups is 2. The van der Waals surface area contributed by atoms with Gasteiger partial charge in [-0.25, -0.2) is 0 Å². The van der Waals surface area contributed by atoms with Crippen LogP contribution in [0.2, 0.25) is 0 Å². The minimum Gasteiger partial charge on any atom is -0.390 e. The molecule has 0 aromatic rings. The first-order chi connectivity index (χ1) is 3.79. The van der Waals surface area contributed by atoms with Crippen LogP contribution in [-0.2, 0) is 0 Å². The molecule has 0 bridgehead atoms. The molecule has 2 heteroatoms. The van der Waals surface area contributed by atoms with Crippen molar-refractivity contribution < 1.29 is 10.2 Å². The van der Waals surface area contributed by atoms with E-state index in [1.54, 1.807) is 0 Å². The van der Waals surface area contributed by atoms with Gasteiger partial charge in [-0.15, -0.1) is 0 Å². The van der Waals surface area contributed by atoms with E-state index in [0.29, 0.717) is 11.8 Å². The van der Waals surface area contributed by atoms with E-state index in [4.69, 9.17) is 10.2 Å². The number of hydrogen-bond acceptors (Lipinski definition) is 2. The van der Waals surface area contributed by atoms with Crippen molar-refractivity contribution in [2.75, 3.05) is 0 Å². The summed E-state index contributed by atoms with van der Waals surface area (Å²) >= 11 is 0. The van der Waals surface area contributed by atoms with Gasteiger partial charge in [0.1, 0.15) is 0 Å². The Morgan fingerprint density at radius 1 is 1.12 bits per heavy atom. The molecule has 2 saturated carbocycles. The molecule has 2 nitrogen and oxygen atoms in total. The van der Waals surface area contributed by atoms with E-state index in [1.165, 1.54) is 0 Å². The minimum absolute atomic E-state index is 0.389. The lowest BCUT2D eigenvalue weighted by atomic mass is 10.2. The second-order valence-electron chi connectivity index (χ2n) is 2.95. The SMILES string of the molecule is OC1CC2CC2C1O. The molecule has 4 unspecified atom stereocenters. The van der Waals surface area contributed by atoms with Crippen LogP contribution in [0, 0.1) is 11.8 Å². The fraction of sp³-hybridized carbons (Fsp3) is 1.00. The summed E-state index contributed by atoms with van der Waals surface area (Å²) in [5, 5.41) is 18.0. The molecule has 46 valence electrons. The quantitative estimate of drug-likeness (QED) is 0.456. The Morgan fingerprint density at radius 2 is 1.88 bits per heavy atom. The molecule has 0 aliphatic heterocycles. The van der Waals surface area contributed by atoms with Gasteiger partial charge in [0.05, 0.1) is 12.2 Å². The van der Waals surface area contributed by atoms with Crippen LogP contribution in [0.5, 0.6) is 0 Å². The van der Waals surface area contributed by atoms with Crippen LogP contribution in [0.3, 0.4) is 0 Å². The third-order valence-corrected chi connectivity index (χ3v) is 2.35. The van der Waals surface area contributed by atoms with Crippen LogP contribution in [0.4, 0.5) is 0 Å². The zero-order chi connectivity index (χ0) is 5.72. The van der Waals surface area contributed by atoms with Crippen LogP contribution in [0.15, 0.2) is 0 Å². The Kier molecular flexibility index (Phi) is 0.746. The summed E-state index contributed by atoms with van der Waals surface area (Å²) in [6, 6.07) is 0. The van der Waals surface area contributed by atoms with Crippen molar-refractivity contribution >= 4 is 0 Å². The Bertz CT molecular complexity index is 111. The molecule has 4 atom stereocenters. The van der Waals surface area contributed by atoms with Crippen LogP contribution in [0.1, 0.15) is 12.8 Å². The first-order valence-corrected chi connectivity index (χ1v) is 3.15. The molecular formula is C6H10O2. The summed E-state index contributed by atoms with van der Waals surface area (Å²) in [6.45, 7) is 0. The summed E-state index contributed by atoms with van der Waals surface area (Å²) in [7, 11) is 0. The topological polar surface area (TPSA) is 40.5 Å². The van der Waals surface area contributed by atoms with Crippen LogP contribution < -0.4 is 0 Å². The normalized spacial score (nSPS) is 60.8. The number of rotatable bonds is 0. The Balaban J connectivity index is 2.08. The molecule has 0 radical (unpaired) electrons. The third-order valence-electron chi connectivity index (χ3n) is 2.35. The van der Waals surface area contributed by atoms with E-state index >= 15 is 0 Å². The van der Waals surface area contributed by atoms with Gasteiger partial charge in [-0.3, -0.25) is 0 Å². The van der Waals surface area contributed by atoms with Gasteiger partial charge in [0, 0.05) is 0 Å². The molecule has 2 rings (SSSR count). The van der Waals surface area contributed by atoms with Crippen molar-refractivity contribution in [3.05, 3.63) is 0 Å². The summed E-state index contributed by atoms with van der Waals surface area (Å²) in [6.07, 6.45) is 1.20. The smallest absolute Gasteiger partial charge is 0.0830 e. The molecule has 2 N–H and O–H groups in total. The third kappa shape index (κ3) is 0.446. The first-order valence-electron chi connectivity index (χ1n) is 3.15. The van der Waals surface area contributed by atoms with Gasteiger partial charge in [0.25, 0.3) is 0 Å². The summed E-state index contributed by atoms with van der Waals surface area (Å²) < 4.78 is 0. The maximum atomic E-state index is 9.06. The molecule has 2 fully saturated rings. The fourth-order valence-corrected chi connectivity index (χ4v) is 1.70. The fourth-order valence-electron chi connectivity index (χ4n) is 1.70. The average molecular weight is 114 g/mol. The highest BCUT2D eigenvalue weighted by molar-refractivity contribution is 5.02. The largest absolute Gasteiger partial charge is 0.390 e. The van der Waals surface area contributed by atoms with Crippen molar-refractivity contribution in [1.82, 2.24) is 0 Å². The number of aliphatic hydroxyl groups excluding tert-OH is 2. The summed E-state index contributed by atoms with van der Waals surface area (Å²) in [5.41, 5.74) is 0. The van der Waals surface area contributed by atoms with Gasteiger partial charge in [-0.05, 0) is 24.7 Å². The zero-order valence-electron chi connectivity index (χ0n) is 4.62. The lowest BCUT2D eigenvalue weighted by Gasteiger charge is -2.08. The monoisotopic (exact) mass is 114 g/mol. The maximum Gasteiger partial charge on any atom is 0.0830 e. The van der Waals surface area contributed by atoms with Crippen molar-refractivity contribution in [1.29, 1.82) is 0 Å². The Labute approximate surface area is 48.1 Å². The molecule has 0 aromatic carbocycles.